The number of nitrogens with zero attached hydrogens (tertiary/aromatic N) is 2. The van der Waals surface area contributed by atoms with Gasteiger partial charge in [0.1, 0.15) is 5.75 Å². The minimum absolute atomic E-state index is 0.289. The monoisotopic (exact) mass is 328 g/mol. The fourth-order valence-electron chi connectivity index (χ4n) is 3.58. The molecular formula is C17H23F3N2O. The average Bonchev–Trinajstić information content (AvgIpc) is 2.84. The molecule has 2 fully saturated rings. The Morgan fingerprint density at radius 1 is 1.13 bits per heavy atom. The summed E-state index contributed by atoms with van der Waals surface area (Å²) in [5.41, 5.74) is 1.01. The molecule has 0 unspecified atom stereocenters. The number of ether oxygens (including phenoxy) is 1. The van der Waals surface area contributed by atoms with Crippen molar-refractivity contribution in [2.75, 3.05) is 32.8 Å². The number of rotatable bonds is 4. The van der Waals surface area contributed by atoms with E-state index in [2.05, 4.69) is 9.80 Å². The van der Waals surface area contributed by atoms with Crippen LogP contribution in [0.25, 0.3) is 0 Å². The normalized spacial score (nSPS) is 23.5. The van der Waals surface area contributed by atoms with Crippen molar-refractivity contribution in [1.29, 1.82) is 0 Å². The number of fused-ring (bicyclic) bond motifs is 1. The van der Waals surface area contributed by atoms with Crippen LogP contribution in [0.2, 0.25) is 0 Å². The molecule has 6 heteroatoms. The molecule has 1 aromatic rings. The highest BCUT2D eigenvalue weighted by Crippen LogP contribution is 2.24. The van der Waals surface area contributed by atoms with Crippen LogP contribution in [0.15, 0.2) is 24.3 Å². The van der Waals surface area contributed by atoms with Gasteiger partial charge >= 0.3 is 6.18 Å². The zero-order valence-corrected chi connectivity index (χ0v) is 13.2. The van der Waals surface area contributed by atoms with Crippen LogP contribution in [0.3, 0.4) is 0 Å². The van der Waals surface area contributed by atoms with Gasteiger partial charge in [-0.1, -0.05) is 12.1 Å². The molecule has 0 amide bonds. The van der Waals surface area contributed by atoms with E-state index < -0.39 is 12.8 Å². The summed E-state index contributed by atoms with van der Waals surface area (Å²) < 4.78 is 41.6. The van der Waals surface area contributed by atoms with Gasteiger partial charge in [-0.05, 0) is 56.6 Å². The third-order valence-electron chi connectivity index (χ3n) is 4.59. The molecule has 1 atom stereocenters. The molecule has 0 bridgehead atoms. The van der Waals surface area contributed by atoms with Crippen LogP contribution in [0.4, 0.5) is 13.2 Å². The number of alkyl halides is 3. The highest BCUT2D eigenvalue weighted by Gasteiger charge is 2.29. The third-order valence-corrected chi connectivity index (χ3v) is 4.59. The van der Waals surface area contributed by atoms with Gasteiger partial charge in [0.25, 0.3) is 0 Å². The summed E-state index contributed by atoms with van der Waals surface area (Å²) in [5.74, 6) is 0.289. The maximum atomic E-state index is 12.2. The minimum atomic E-state index is -4.30. The number of benzene rings is 1. The summed E-state index contributed by atoms with van der Waals surface area (Å²) >= 11 is 0. The Morgan fingerprint density at radius 2 is 1.96 bits per heavy atom. The van der Waals surface area contributed by atoms with Crippen molar-refractivity contribution in [1.82, 2.24) is 9.80 Å². The lowest BCUT2D eigenvalue weighted by molar-refractivity contribution is -0.153. The maximum absolute atomic E-state index is 12.2. The molecule has 3 rings (SSSR count). The van der Waals surface area contributed by atoms with Crippen molar-refractivity contribution < 1.29 is 17.9 Å². The first-order valence-corrected chi connectivity index (χ1v) is 8.24. The molecule has 2 aliphatic heterocycles. The molecule has 2 saturated heterocycles. The Morgan fingerprint density at radius 3 is 2.78 bits per heavy atom. The molecule has 2 heterocycles. The lowest BCUT2D eigenvalue weighted by Crippen LogP contribution is -2.36. The largest absolute Gasteiger partial charge is 0.484 e. The van der Waals surface area contributed by atoms with E-state index >= 15 is 0 Å². The number of hydrogen-bond acceptors (Lipinski definition) is 3. The van der Waals surface area contributed by atoms with Gasteiger partial charge in [0.15, 0.2) is 6.61 Å². The summed E-state index contributed by atoms with van der Waals surface area (Å²) in [5, 5.41) is 0. The molecule has 3 nitrogen and oxygen atoms in total. The molecule has 1 aromatic carbocycles. The van der Waals surface area contributed by atoms with Gasteiger partial charge in [-0.2, -0.15) is 13.2 Å². The van der Waals surface area contributed by atoms with Gasteiger partial charge in [0, 0.05) is 19.1 Å². The van der Waals surface area contributed by atoms with Crippen LogP contribution in [0.5, 0.6) is 5.75 Å². The van der Waals surface area contributed by atoms with Gasteiger partial charge in [-0.15, -0.1) is 0 Å². The first-order chi connectivity index (χ1) is 11.0. The molecule has 0 spiro atoms. The van der Waals surface area contributed by atoms with E-state index in [-0.39, 0.29) is 5.75 Å². The van der Waals surface area contributed by atoms with E-state index in [0.29, 0.717) is 6.04 Å². The molecule has 23 heavy (non-hydrogen) atoms. The number of hydrogen-bond donors (Lipinski definition) is 0. The maximum Gasteiger partial charge on any atom is 0.422 e. The molecule has 2 aliphatic rings. The molecule has 0 radical (unpaired) electrons. The molecule has 128 valence electrons. The Bertz CT molecular complexity index is 521. The van der Waals surface area contributed by atoms with Crippen LogP contribution in [0, 0.1) is 0 Å². The van der Waals surface area contributed by atoms with Gasteiger partial charge < -0.3 is 4.74 Å². The summed E-state index contributed by atoms with van der Waals surface area (Å²) in [6.45, 7) is 3.99. The van der Waals surface area contributed by atoms with Crippen molar-refractivity contribution >= 4 is 0 Å². The van der Waals surface area contributed by atoms with E-state index in [4.69, 9.17) is 4.74 Å². The fraction of sp³-hybridized carbons (Fsp3) is 0.647. The second-order valence-electron chi connectivity index (χ2n) is 6.47. The summed E-state index contributed by atoms with van der Waals surface area (Å²) in [4.78, 5) is 4.99. The fourth-order valence-corrected chi connectivity index (χ4v) is 3.58. The lowest BCUT2D eigenvalue weighted by atomic mass is 10.1. The van der Waals surface area contributed by atoms with Crippen molar-refractivity contribution in [3.63, 3.8) is 0 Å². The first kappa shape index (κ1) is 16.6. The zero-order valence-electron chi connectivity index (χ0n) is 13.2. The minimum Gasteiger partial charge on any atom is -0.484 e. The predicted molar refractivity (Wildman–Crippen MR) is 82.5 cm³/mol. The summed E-state index contributed by atoms with van der Waals surface area (Å²) in [7, 11) is 0. The van der Waals surface area contributed by atoms with Crippen LogP contribution >= 0.6 is 0 Å². The van der Waals surface area contributed by atoms with E-state index in [1.165, 1.54) is 19.4 Å². The van der Waals surface area contributed by atoms with E-state index in [9.17, 15) is 13.2 Å². The van der Waals surface area contributed by atoms with Gasteiger partial charge in [-0.25, -0.2) is 0 Å². The van der Waals surface area contributed by atoms with Gasteiger partial charge in [-0.3, -0.25) is 9.80 Å². The van der Waals surface area contributed by atoms with E-state index in [1.807, 2.05) is 6.07 Å². The Balaban J connectivity index is 1.58. The lowest BCUT2D eigenvalue weighted by Gasteiger charge is -2.25. The molecule has 0 aromatic heterocycles. The molecular weight excluding hydrogens is 305 g/mol. The molecule has 0 aliphatic carbocycles. The molecule has 0 saturated carbocycles. The van der Waals surface area contributed by atoms with Crippen molar-refractivity contribution in [2.45, 2.75) is 38.0 Å². The van der Waals surface area contributed by atoms with E-state index in [0.717, 1.165) is 38.2 Å². The Kier molecular flexibility index (Phi) is 5.11. The topological polar surface area (TPSA) is 15.7 Å². The van der Waals surface area contributed by atoms with Crippen LogP contribution in [-0.2, 0) is 6.54 Å². The number of halogens is 3. The zero-order chi connectivity index (χ0) is 16.3. The Labute approximate surface area is 135 Å². The quantitative estimate of drug-likeness (QED) is 0.843. The average molecular weight is 328 g/mol. The third kappa shape index (κ3) is 4.85. The van der Waals surface area contributed by atoms with Crippen molar-refractivity contribution in [2.24, 2.45) is 0 Å². The second kappa shape index (κ2) is 7.09. The second-order valence-corrected chi connectivity index (χ2v) is 6.47. The van der Waals surface area contributed by atoms with Crippen LogP contribution in [-0.4, -0.2) is 54.8 Å². The standard InChI is InChI=1S/C17H23F3N2O/c18-17(19,20)13-23-16-6-1-4-14(10-16)11-21-7-3-9-22-8-2-5-15(22)12-21/h1,4,6,10,15H,2-3,5,7-9,11-13H2/t15-/m0/s1. The highest BCUT2D eigenvalue weighted by molar-refractivity contribution is 5.28. The Hall–Kier alpha value is -1.27. The smallest absolute Gasteiger partial charge is 0.422 e. The highest BCUT2D eigenvalue weighted by atomic mass is 19.4. The van der Waals surface area contributed by atoms with Crippen LogP contribution in [0.1, 0.15) is 24.8 Å². The summed E-state index contributed by atoms with van der Waals surface area (Å²) in [6, 6.07) is 7.67. The SMILES string of the molecule is FC(F)(F)COc1cccc(CN2CCCN3CCC[C@H]3C2)c1. The van der Waals surface area contributed by atoms with Gasteiger partial charge in [0.2, 0.25) is 0 Å². The van der Waals surface area contributed by atoms with Crippen LogP contribution < -0.4 is 4.74 Å². The molecule has 0 N–H and O–H groups in total. The van der Waals surface area contributed by atoms with Crippen molar-refractivity contribution in [3.05, 3.63) is 29.8 Å². The first-order valence-electron chi connectivity index (χ1n) is 8.24. The van der Waals surface area contributed by atoms with Gasteiger partial charge in [0.05, 0.1) is 0 Å². The van der Waals surface area contributed by atoms with Crippen molar-refractivity contribution in [3.8, 4) is 5.75 Å². The van der Waals surface area contributed by atoms with E-state index in [1.54, 1.807) is 18.2 Å². The summed E-state index contributed by atoms with van der Waals surface area (Å²) in [6.07, 6.45) is -0.613. The predicted octanol–water partition coefficient (Wildman–Crippen LogP) is 3.30.